The Kier molecular flexibility index (Phi) is 13.7. The Morgan fingerprint density at radius 3 is 2.10 bits per heavy atom. The summed E-state index contributed by atoms with van der Waals surface area (Å²) in [6.07, 6.45) is 4.99. The summed E-state index contributed by atoms with van der Waals surface area (Å²) in [7, 11) is 0. The van der Waals surface area contributed by atoms with Crippen LogP contribution in [0.5, 0.6) is 0 Å². The van der Waals surface area contributed by atoms with Gasteiger partial charge in [-0.15, -0.1) is 0 Å². The molecule has 0 fully saturated rings. The zero-order valence-electron chi connectivity index (χ0n) is 7.19. The predicted molar refractivity (Wildman–Crippen MR) is 42.5 cm³/mol. The molecule has 10 heavy (non-hydrogen) atoms. The molecule has 2 heteroatoms. The van der Waals surface area contributed by atoms with Crippen LogP contribution in [0.1, 0.15) is 39.5 Å². The van der Waals surface area contributed by atoms with Crippen molar-refractivity contribution in [2.45, 2.75) is 39.5 Å². The second kappa shape index (κ2) is 10.1. The van der Waals surface area contributed by atoms with Crippen LogP contribution < -0.4 is 0 Å². The zero-order chi connectivity index (χ0) is 7.11. The Labute approximate surface area is 90.0 Å². The molecule has 0 spiro atoms. The molecule has 0 atom stereocenters. The summed E-state index contributed by atoms with van der Waals surface area (Å²) >= 11 is 0. The van der Waals surface area contributed by atoms with E-state index in [1.54, 1.807) is 0 Å². The SMILES string of the molecule is CC(C)CCCCC[NH-].[Y]. The van der Waals surface area contributed by atoms with Crippen molar-refractivity contribution >= 4 is 0 Å². The van der Waals surface area contributed by atoms with Gasteiger partial charge in [0.1, 0.15) is 0 Å². The van der Waals surface area contributed by atoms with Crippen molar-refractivity contribution in [1.29, 1.82) is 0 Å². The van der Waals surface area contributed by atoms with Crippen LogP contribution in [-0.4, -0.2) is 6.54 Å². The Hall–Kier alpha value is 1.06. The third-order valence-electron chi connectivity index (χ3n) is 1.46. The topological polar surface area (TPSA) is 23.8 Å². The summed E-state index contributed by atoms with van der Waals surface area (Å²) in [5, 5.41) is 0. The number of rotatable bonds is 5. The quantitative estimate of drug-likeness (QED) is 0.631. The molecule has 0 saturated carbocycles. The van der Waals surface area contributed by atoms with Gasteiger partial charge in [0, 0.05) is 32.7 Å². The van der Waals surface area contributed by atoms with Crippen molar-refractivity contribution in [3.63, 3.8) is 0 Å². The van der Waals surface area contributed by atoms with Crippen molar-refractivity contribution in [3.05, 3.63) is 5.73 Å². The van der Waals surface area contributed by atoms with Gasteiger partial charge in [0.15, 0.2) is 0 Å². The van der Waals surface area contributed by atoms with Crippen LogP contribution in [0.2, 0.25) is 0 Å². The monoisotopic (exact) mass is 217 g/mol. The maximum atomic E-state index is 6.89. The number of hydrogen-bond donors (Lipinski definition) is 0. The summed E-state index contributed by atoms with van der Waals surface area (Å²) < 4.78 is 0. The fraction of sp³-hybridized carbons (Fsp3) is 1.00. The molecule has 0 amide bonds. The normalized spacial score (nSPS) is 9.60. The van der Waals surface area contributed by atoms with Gasteiger partial charge in [-0.25, -0.2) is 0 Å². The first-order chi connectivity index (χ1) is 4.27. The fourth-order valence-corrected chi connectivity index (χ4v) is 0.854. The van der Waals surface area contributed by atoms with E-state index < -0.39 is 0 Å². The van der Waals surface area contributed by atoms with Gasteiger partial charge in [0.05, 0.1) is 0 Å². The van der Waals surface area contributed by atoms with E-state index in [4.69, 9.17) is 5.73 Å². The molecule has 1 nitrogen and oxygen atoms in total. The van der Waals surface area contributed by atoms with Crippen molar-refractivity contribution < 1.29 is 32.7 Å². The van der Waals surface area contributed by atoms with Gasteiger partial charge < -0.3 is 5.73 Å². The van der Waals surface area contributed by atoms with Crippen LogP contribution >= 0.6 is 0 Å². The molecule has 0 heterocycles. The Balaban J connectivity index is 0. The third-order valence-corrected chi connectivity index (χ3v) is 1.46. The molecular formula is C8H18NY-. The van der Waals surface area contributed by atoms with Crippen LogP contribution in [0.15, 0.2) is 0 Å². The third kappa shape index (κ3) is 11.8. The van der Waals surface area contributed by atoms with Gasteiger partial charge in [-0.3, -0.25) is 0 Å². The van der Waals surface area contributed by atoms with Crippen LogP contribution in [0, 0.1) is 5.92 Å². The van der Waals surface area contributed by atoms with E-state index >= 15 is 0 Å². The maximum Gasteiger partial charge on any atom is 0 e. The van der Waals surface area contributed by atoms with E-state index in [1.165, 1.54) is 19.3 Å². The van der Waals surface area contributed by atoms with Crippen molar-refractivity contribution in [2.75, 3.05) is 6.54 Å². The Morgan fingerprint density at radius 1 is 1.10 bits per heavy atom. The first-order valence-corrected chi connectivity index (χ1v) is 3.92. The Bertz CT molecular complexity index is 55.2. The molecule has 59 valence electrons. The molecule has 0 aromatic rings. The summed E-state index contributed by atoms with van der Waals surface area (Å²) in [5.74, 6) is 0.843. The van der Waals surface area contributed by atoms with Crippen LogP contribution in [0.4, 0.5) is 0 Å². The van der Waals surface area contributed by atoms with Crippen molar-refractivity contribution in [1.82, 2.24) is 0 Å². The van der Waals surface area contributed by atoms with E-state index in [1.807, 2.05) is 0 Å². The van der Waals surface area contributed by atoms with Crippen LogP contribution in [0.25, 0.3) is 5.73 Å². The molecule has 0 aliphatic carbocycles. The smallest absolute Gasteiger partial charge is 0 e. The maximum absolute atomic E-state index is 6.89. The van der Waals surface area contributed by atoms with E-state index in [-0.39, 0.29) is 32.7 Å². The molecule has 0 saturated heterocycles. The molecule has 0 rings (SSSR count). The molecule has 0 aromatic heterocycles. The predicted octanol–water partition coefficient (Wildman–Crippen LogP) is 3.25. The molecule has 0 unspecified atom stereocenters. The molecule has 1 radical (unpaired) electrons. The number of hydrogen-bond acceptors (Lipinski definition) is 0. The molecule has 0 aromatic carbocycles. The molecule has 0 aliphatic heterocycles. The van der Waals surface area contributed by atoms with E-state index in [2.05, 4.69) is 13.8 Å². The summed E-state index contributed by atoms with van der Waals surface area (Å²) in [6.45, 7) is 5.11. The molecule has 0 bridgehead atoms. The average Bonchev–Trinajstić information content (AvgIpc) is 1.80. The second-order valence-corrected chi connectivity index (χ2v) is 2.99. The minimum atomic E-state index is 0. The second-order valence-electron chi connectivity index (χ2n) is 2.99. The molecule has 0 aliphatic rings. The van der Waals surface area contributed by atoms with Crippen LogP contribution in [0.3, 0.4) is 0 Å². The summed E-state index contributed by atoms with van der Waals surface area (Å²) in [5.41, 5.74) is 6.89. The average molecular weight is 217 g/mol. The summed E-state index contributed by atoms with van der Waals surface area (Å²) in [4.78, 5) is 0. The van der Waals surface area contributed by atoms with Gasteiger partial charge in [-0.2, -0.15) is 6.54 Å². The van der Waals surface area contributed by atoms with E-state index in [9.17, 15) is 0 Å². The number of unbranched alkanes of at least 4 members (excludes halogenated alkanes) is 2. The van der Waals surface area contributed by atoms with Gasteiger partial charge in [-0.05, 0) is 5.92 Å². The van der Waals surface area contributed by atoms with Gasteiger partial charge in [0.25, 0.3) is 0 Å². The van der Waals surface area contributed by atoms with Crippen LogP contribution in [-0.2, 0) is 32.7 Å². The Morgan fingerprint density at radius 2 is 1.70 bits per heavy atom. The van der Waals surface area contributed by atoms with Crippen molar-refractivity contribution in [3.8, 4) is 0 Å². The summed E-state index contributed by atoms with van der Waals surface area (Å²) in [6, 6.07) is 0. The van der Waals surface area contributed by atoms with E-state index in [0.717, 1.165) is 12.3 Å². The minimum absolute atomic E-state index is 0. The van der Waals surface area contributed by atoms with Gasteiger partial charge in [-0.1, -0.05) is 39.5 Å². The van der Waals surface area contributed by atoms with E-state index in [0.29, 0.717) is 6.54 Å². The largest absolute Gasteiger partial charge is 0.677 e. The van der Waals surface area contributed by atoms with Crippen molar-refractivity contribution in [2.24, 2.45) is 5.92 Å². The first kappa shape index (κ1) is 13.6. The molecular weight excluding hydrogens is 199 g/mol. The number of nitrogens with one attached hydrogen (secondary N) is 1. The fourth-order valence-electron chi connectivity index (χ4n) is 0.854. The zero-order valence-corrected chi connectivity index (χ0v) is 10.0. The first-order valence-electron chi connectivity index (χ1n) is 3.92. The van der Waals surface area contributed by atoms with Gasteiger partial charge in [0.2, 0.25) is 0 Å². The van der Waals surface area contributed by atoms with Gasteiger partial charge >= 0.3 is 0 Å². The molecule has 1 N–H and O–H groups in total. The standard InChI is InChI=1S/C8H18N.Y/c1-8(2)6-4-3-5-7-9;/h8-9H,3-7H2,1-2H3;/q-1;. The minimum Gasteiger partial charge on any atom is -0.677 e.